The van der Waals surface area contributed by atoms with Crippen molar-refractivity contribution in [3.63, 3.8) is 0 Å². The van der Waals surface area contributed by atoms with E-state index < -0.39 is 0 Å². The molecule has 0 aliphatic rings. The lowest BCUT2D eigenvalue weighted by Gasteiger charge is -2.09. The van der Waals surface area contributed by atoms with Crippen LogP contribution in [0.3, 0.4) is 0 Å². The van der Waals surface area contributed by atoms with Crippen LogP contribution in [0.1, 0.15) is 0 Å². The number of fused-ring (bicyclic) bond motifs is 12. The Bertz CT molecular complexity index is 7610. The maximum atomic E-state index is 2.40. The Labute approximate surface area is 719 Å². The second-order valence-corrected chi connectivity index (χ2v) is 32.3. The van der Waals surface area contributed by atoms with Crippen molar-refractivity contribution < 1.29 is 0 Å². The Morgan fingerprint density at radius 3 is 0.339 bits per heavy atom. The summed E-state index contributed by atoms with van der Waals surface area (Å²) in [5.41, 5.74) is 38.4. The topological polar surface area (TPSA) is 19.7 Å². The van der Waals surface area contributed by atoms with E-state index in [-0.39, 0.29) is 0 Å². The van der Waals surface area contributed by atoms with Crippen molar-refractivity contribution in [2.45, 2.75) is 0 Å². The molecule has 24 rings (SSSR count). The SMILES string of the molecule is c1ccc(-c2ccc(-c3ccc4c(c3)c3cc(-c5ccc(-c6ccc7c(c6)c6cc(-c8ccc(-c9ccccc9)cc8)ccc6n7-c6ccccc6)cc5)ccc3n4-c3ccccc3)cc2)cc1.c1ccc(-c2ccc3c(c2)c2cc(-c4ccc(-c5ccc6c(c5)c5cc(-c7ccccc7)ccc5n6-c5ccccc5)cc4)ccc2n3-c2ccccc2)cc1. The monoisotopic (exact) mass is 1580 g/mol. The maximum Gasteiger partial charge on any atom is 0.0541 e. The molecular weight excluding hydrogens is 1500 g/mol. The second-order valence-electron chi connectivity index (χ2n) is 32.3. The molecule has 580 valence electrons. The van der Waals surface area contributed by atoms with Gasteiger partial charge in [0.2, 0.25) is 0 Å². The molecule has 0 aliphatic heterocycles. The predicted molar refractivity (Wildman–Crippen MR) is 525 cm³/mol. The Kier molecular flexibility index (Phi) is 18.2. The molecule has 0 bridgehead atoms. The van der Waals surface area contributed by atoms with Crippen molar-refractivity contribution in [3.8, 4) is 134 Å². The quantitative estimate of drug-likeness (QED) is 0.103. The molecule has 0 saturated heterocycles. The zero-order valence-corrected chi connectivity index (χ0v) is 68.0. The van der Waals surface area contributed by atoms with Crippen LogP contribution < -0.4 is 0 Å². The van der Waals surface area contributed by atoms with E-state index >= 15 is 0 Å². The van der Waals surface area contributed by atoms with Crippen LogP contribution >= 0.6 is 0 Å². The molecule has 4 heterocycles. The van der Waals surface area contributed by atoms with Crippen molar-refractivity contribution in [2.75, 3.05) is 0 Å². The van der Waals surface area contributed by atoms with Crippen molar-refractivity contribution in [2.24, 2.45) is 0 Å². The van der Waals surface area contributed by atoms with Gasteiger partial charge in [0.25, 0.3) is 0 Å². The van der Waals surface area contributed by atoms with Gasteiger partial charge in [-0.3, -0.25) is 0 Å². The molecule has 0 N–H and O–H groups in total. The molecule has 0 unspecified atom stereocenters. The van der Waals surface area contributed by atoms with Gasteiger partial charge in [-0.15, -0.1) is 0 Å². The second kappa shape index (κ2) is 31.1. The summed E-state index contributed by atoms with van der Waals surface area (Å²) in [5, 5.41) is 9.95. The van der Waals surface area contributed by atoms with E-state index in [4.69, 9.17) is 0 Å². The first kappa shape index (κ1) is 72.8. The molecule has 4 heteroatoms. The van der Waals surface area contributed by atoms with Crippen LogP contribution in [0.2, 0.25) is 0 Å². The zero-order valence-electron chi connectivity index (χ0n) is 68.0. The lowest BCUT2D eigenvalue weighted by atomic mass is 9.96. The number of benzene rings is 20. The molecule has 124 heavy (non-hydrogen) atoms. The van der Waals surface area contributed by atoms with Crippen molar-refractivity contribution >= 4 is 87.2 Å². The first-order valence-electron chi connectivity index (χ1n) is 42.7. The number of nitrogens with zero attached hydrogens (tertiary/aromatic N) is 4. The maximum absolute atomic E-state index is 2.40. The van der Waals surface area contributed by atoms with E-state index in [0.717, 1.165) is 22.7 Å². The largest absolute Gasteiger partial charge is 0.309 e. The molecule has 4 aromatic heterocycles. The van der Waals surface area contributed by atoms with Crippen molar-refractivity contribution in [1.82, 2.24) is 18.3 Å². The van der Waals surface area contributed by atoms with Crippen molar-refractivity contribution in [1.29, 1.82) is 0 Å². The fourth-order valence-electron chi connectivity index (χ4n) is 18.9. The highest BCUT2D eigenvalue weighted by Gasteiger charge is 2.22. The van der Waals surface area contributed by atoms with E-state index in [0.29, 0.717) is 0 Å². The van der Waals surface area contributed by atoms with E-state index in [1.165, 1.54) is 198 Å². The van der Waals surface area contributed by atoms with Gasteiger partial charge in [0.1, 0.15) is 0 Å². The summed E-state index contributed by atoms with van der Waals surface area (Å²) in [5.74, 6) is 0. The third-order valence-electron chi connectivity index (χ3n) is 25.1. The summed E-state index contributed by atoms with van der Waals surface area (Å²) in [6.45, 7) is 0. The van der Waals surface area contributed by atoms with Crippen LogP contribution in [-0.4, -0.2) is 18.3 Å². The molecule has 0 amide bonds. The van der Waals surface area contributed by atoms with Crippen LogP contribution in [0.4, 0.5) is 0 Å². The fraction of sp³-hybridized carbons (Fsp3) is 0. The normalized spacial score (nSPS) is 11.5. The van der Waals surface area contributed by atoms with Gasteiger partial charge < -0.3 is 18.3 Å². The van der Waals surface area contributed by atoms with Gasteiger partial charge in [0.05, 0.1) is 44.1 Å². The van der Waals surface area contributed by atoms with Crippen LogP contribution in [0.5, 0.6) is 0 Å². The van der Waals surface area contributed by atoms with Crippen LogP contribution in [-0.2, 0) is 0 Å². The highest BCUT2D eigenvalue weighted by Crippen LogP contribution is 2.45. The number of aromatic nitrogens is 4. The standard InChI is InChI=1S/C66H44N2.C54H36N2/c1-5-13-45(14-6-1)47-21-25-49(26-22-47)53-33-37-63-59(41-53)61-43-55(35-39-65(61)67(63)57-17-9-3-10-18-57)51-29-31-52(32-30-51)56-36-40-66-62(44-56)60-42-54(34-38-64(60)68(66)58-19-11-4-12-20-58)50-27-23-48(24-28-50)46-15-7-2-8-16-46;1-5-13-37(14-6-1)41-25-29-51-47(33-41)49-35-43(27-31-53(49)55(51)45-17-9-3-10-18-45)39-21-23-40(24-22-39)44-28-32-54-50(36-44)48-34-42(38-15-7-2-8-16-38)26-30-52(48)56(54)46-19-11-4-12-20-46/h1-44H;1-36H. The minimum absolute atomic E-state index is 1.15. The van der Waals surface area contributed by atoms with Gasteiger partial charge in [-0.25, -0.2) is 0 Å². The van der Waals surface area contributed by atoms with E-state index in [9.17, 15) is 0 Å². The lowest BCUT2D eigenvalue weighted by Crippen LogP contribution is -1.93. The van der Waals surface area contributed by atoms with Crippen LogP contribution in [0, 0.1) is 0 Å². The lowest BCUT2D eigenvalue weighted by molar-refractivity contribution is 1.18. The van der Waals surface area contributed by atoms with Crippen LogP contribution in [0.25, 0.3) is 221 Å². The smallest absolute Gasteiger partial charge is 0.0541 e. The average Bonchev–Trinajstić information content (AvgIpc) is 1.60. The number of para-hydroxylation sites is 4. The average molecular weight is 1580 g/mol. The number of hydrogen-bond donors (Lipinski definition) is 0. The fourth-order valence-corrected chi connectivity index (χ4v) is 18.9. The van der Waals surface area contributed by atoms with Crippen LogP contribution in [0.15, 0.2) is 485 Å². The molecular formula is C120H80N4. The summed E-state index contributed by atoms with van der Waals surface area (Å²) in [7, 11) is 0. The number of rotatable bonds is 14. The van der Waals surface area contributed by atoms with Gasteiger partial charge in [0.15, 0.2) is 0 Å². The van der Waals surface area contributed by atoms with Gasteiger partial charge in [-0.1, -0.05) is 340 Å². The predicted octanol–water partition coefficient (Wildman–Crippen LogP) is 32.4. The van der Waals surface area contributed by atoms with E-state index in [1.54, 1.807) is 0 Å². The Morgan fingerprint density at radius 2 is 0.194 bits per heavy atom. The van der Waals surface area contributed by atoms with Gasteiger partial charge in [-0.05, 0) is 257 Å². The van der Waals surface area contributed by atoms with Crippen molar-refractivity contribution in [3.05, 3.63) is 485 Å². The molecule has 0 spiro atoms. The summed E-state index contributed by atoms with van der Waals surface area (Å²) >= 11 is 0. The minimum atomic E-state index is 1.15. The highest BCUT2D eigenvalue weighted by atomic mass is 15.0. The third kappa shape index (κ3) is 13.2. The van der Waals surface area contributed by atoms with E-state index in [1.807, 2.05) is 0 Å². The molecule has 0 saturated carbocycles. The summed E-state index contributed by atoms with van der Waals surface area (Å²) in [6, 6.07) is 177. The Hall–Kier alpha value is -16.4. The molecule has 24 aromatic rings. The Balaban J connectivity index is 0.000000146. The summed E-state index contributed by atoms with van der Waals surface area (Å²) in [4.78, 5) is 0. The molecule has 0 radical (unpaired) electrons. The van der Waals surface area contributed by atoms with E-state index in [2.05, 4.69) is 504 Å². The molecule has 0 fully saturated rings. The summed E-state index contributed by atoms with van der Waals surface area (Å²) < 4.78 is 9.57. The first-order chi connectivity index (χ1) is 61.5. The minimum Gasteiger partial charge on any atom is -0.309 e. The van der Waals surface area contributed by atoms with Gasteiger partial charge in [0, 0.05) is 65.8 Å². The van der Waals surface area contributed by atoms with Gasteiger partial charge in [-0.2, -0.15) is 0 Å². The molecule has 0 atom stereocenters. The van der Waals surface area contributed by atoms with Gasteiger partial charge >= 0.3 is 0 Å². The number of hydrogen-bond acceptors (Lipinski definition) is 0. The molecule has 4 nitrogen and oxygen atoms in total. The molecule has 20 aromatic carbocycles. The zero-order chi connectivity index (χ0) is 82.0. The first-order valence-corrected chi connectivity index (χ1v) is 42.7. The summed E-state index contributed by atoms with van der Waals surface area (Å²) in [6.07, 6.45) is 0. The Morgan fingerprint density at radius 1 is 0.0887 bits per heavy atom. The molecule has 0 aliphatic carbocycles. The third-order valence-corrected chi connectivity index (χ3v) is 25.1. The highest BCUT2D eigenvalue weighted by molar-refractivity contribution is 6.16.